The lowest BCUT2D eigenvalue weighted by molar-refractivity contribution is -0.153. The van der Waals surface area contributed by atoms with Gasteiger partial charge in [0.05, 0.1) is 37.7 Å². The Morgan fingerprint density at radius 2 is 1.57 bits per heavy atom. The third-order valence-electron chi connectivity index (χ3n) is 9.19. The van der Waals surface area contributed by atoms with Crippen LogP contribution in [0.1, 0.15) is 83.3 Å². The molecule has 274 valence electrons. The van der Waals surface area contributed by atoms with Crippen LogP contribution in [0.3, 0.4) is 0 Å². The summed E-state index contributed by atoms with van der Waals surface area (Å²) in [5.74, 6) is -1.77. The maximum atomic E-state index is 12.8. The minimum Gasteiger partial charge on any atom is -0.497 e. The molecule has 3 aliphatic heterocycles. The zero-order valence-electron chi connectivity index (χ0n) is 28.5. The van der Waals surface area contributed by atoms with E-state index in [9.17, 15) is 22.0 Å². The zero-order valence-corrected chi connectivity index (χ0v) is 31.7. The van der Waals surface area contributed by atoms with Crippen molar-refractivity contribution in [3.63, 3.8) is 0 Å². The first-order valence-electron chi connectivity index (χ1n) is 15.9. The number of aliphatic hydroxyl groups excluding tert-OH is 1. The van der Waals surface area contributed by atoms with Crippen LogP contribution in [0.15, 0.2) is 17.0 Å². The van der Waals surface area contributed by atoms with E-state index in [-0.39, 0.29) is 61.5 Å². The Hall–Kier alpha value is -1.15. The Kier molecular flexibility index (Phi) is 17.0. The van der Waals surface area contributed by atoms with Crippen LogP contribution in [-0.2, 0) is 13.8 Å². The van der Waals surface area contributed by atoms with Gasteiger partial charge < -0.3 is 24.8 Å². The van der Waals surface area contributed by atoms with Crippen molar-refractivity contribution in [1.29, 1.82) is 0 Å². The summed E-state index contributed by atoms with van der Waals surface area (Å²) in [4.78, 5) is 15.4. The molecule has 2 N–H and O–H groups in total. The van der Waals surface area contributed by atoms with Gasteiger partial charge in [-0.15, -0.1) is 24.8 Å². The molecule has 5 rings (SSSR count). The van der Waals surface area contributed by atoms with Crippen LogP contribution in [0, 0.1) is 19.3 Å². The number of hydrogen-bond acceptors (Lipinski definition) is 8. The SMILES string of the molecule is CC(C)(C)OC(=O)N1CCC[C@H]1CO.COc1cc(C)c(S(=O)(=O)Cl)c(C)c1.Cl.Cl.FC1(F)CN(C2CCC3(CCNCC3)CC2)C1. The molecule has 9 nitrogen and oxygen atoms in total. The van der Waals surface area contributed by atoms with Gasteiger partial charge in [-0.05, 0) is 128 Å². The number of methoxy groups -OCH3 is 1. The first-order valence-corrected chi connectivity index (χ1v) is 18.2. The fraction of sp³-hybridized carbons (Fsp3) is 0.781. The van der Waals surface area contributed by atoms with Crippen LogP contribution in [0.2, 0.25) is 0 Å². The molecule has 4 aliphatic rings. The molecule has 1 aliphatic carbocycles. The molecule has 1 aromatic carbocycles. The highest BCUT2D eigenvalue weighted by atomic mass is 35.7. The van der Waals surface area contributed by atoms with Crippen LogP contribution in [0.5, 0.6) is 5.75 Å². The summed E-state index contributed by atoms with van der Waals surface area (Å²) in [6.07, 6.45) is 8.86. The van der Waals surface area contributed by atoms with Gasteiger partial charge in [0.2, 0.25) is 0 Å². The number of amides is 1. The summed E-state index contributed by atoms with van der Waals surface area (Å²) in [5, 5.41) is 12.4. The number of nitrogens with one attached hydrogen (secondary N) is 1. The molecule has 0 aromatic heterocycles. The number of likely N-dealkylation sites (tertiary alicyclic amines) is 2. The number of aryl methyl sites for hydroxylation is 2. The molecule has 1 spiro atoms. The van der Waals surface area contributed by atoms with Gasteiger partial charge in [0.1, 0.15) is 11.4 Å². The van der Waals surface area contributed by atoms with Gasteiger partial charge in [0, 0.05) is 23.3 Å². The molecule has 0 bridgehead atoms. The van der Waals surface area contributed by atoms with E-state index < -0.39 is 20.6 Å². The molecule has 1 saturated carbocycles. The van der Waals surface area contributed by atoms with Crippen molar-refractivity contribution in [2.45, 2.75) is 114 Å². The van der Waals surface area contributed by atoms with Crippen LogP contribution in [-0.4, -0.2) is 99.5 Å². The second-order valence-electron chi connectivity index (χ2n) is 13.9. The van der Waals surface area contributed by atoms with Crippen molar-refractivity contribution in [1.82, 2.24) is 15.1 Å². The quantitative estimate of drug-likeness (QED) is 0.327. The van der Waals surface area contributed by atoms with Gasteiger partial charge in [-0.1, -0.05) is 0 Å². The molecule has 1 aromatic rings. The number of benzene rings is 1. The summed E-state index contributed by atoms with van der Waals surface area (Å²) in [6, 6.07) is 3.67. The smallest absolute Gasteiger partial charge is 0.410 e. The maximum absolute atomic E-state index is 12.8. The van der Waals surface area contributed by atoms with Gasteiger partial charge in [-0.25, -0.2) is 22.0 Å². The Morgan fingerprint density at radius 3 is 2.00 bits per heavy atom. The minimum atomic E-state index is -3.67. The Balaban J connectivity index is 0.000000348. The largest absolute Gasteiger partial charge is 0.497 e. The number of alkyl halides is 2. The first kappa shape index (κ1) is 43.9. The highest BCUT2D eigenvalue weighted by molar-refractivity contribution is 8.13. The maximum Gasteiger partial charge on any atom is 0.410 e. The molecule has 1 amide bonds. The molecule has 15 heteroatoms. The molecular formula is C32H54Cl3F2N3O6S. The van der Waals surface area contributed by atoms with E-state index in [1.807, 2.05) is 25.7 Å². The average molecular weight is 753 g/mol. The first-order chi connectivity index (χ1) is 20.9. The fourth-order valence-electron chi connectivity index (χ4n) is 6.84. The molecule has 3 heterocycles. The number of rotatable bonds is 4. The molecule has 3 saturated heterocycles. The summed E-state index contributed by atoms with van der Waals surface area (Å²) in [7, 11) is 3.15. The number of ether oxygens (including phenoxy) is 2. The molecule has 0 unspecified atom stereocenters. The predicted molar refractivity (Wildman–Crippen MR) is 186 cm³/mol. The lowest BCUT2D eigenvalue weighted by Gasteiger charge is -2.50. The molecule has 47 heavy (non-hydrogen) atoms. The van der Waals surface area contributed by atoms with Gasteiger partial charge in [-0.3, -0.25) is 4.90 Å². The van der Waals surface area contributed by atoms with E-state index in [4.69, 9.17) is 25.3 Å². The number of piperidine rings is 1. The summed E-state index contributed by atoms with van der Waals surface area (Å²) < 4.78 is 58.3. The average Bonchev–Trinajstić information content (AvgIpc) is 3.41. The van der Waals surface area contributed by atoms with Gasteiger partial charge in [-0.2, -0.15) is 0 Å². The van der Waals surface area contributed by atoms with E-state index in [0.717, 1.165) is 38.8 Å². The third-order valence-corrected chi connectivity index (χ3v) is 10.8. The van der Waals surface area contributed by atoms with Gasteiger partial charge >= 0.3 is 6.09 Å². The normalized spacial score (nSPS) is 22.3. The molecule has 1 atom stereocenters. The molecular weight excluding hydrogens is 699 g/mol. The highest BCUT2D eigenvalue weighted by Crippen LogP contribution is 2.45. The van der Waals surface area contributed by atoms with Crippen molar-refractivity contribution in [3.8, 4) is 5.75 Å². The van der Waals surface area contributed by atoms with E-state index in [1.54, 1.807) is 30.9 Å². The monoisotopic (exact) mass is 751 g/mol. The predicted octanol–water partition coefficient (Wildman–Crippen LogP) is 6.71. The second kappa shape index (κ2) is 18.2. The molecule has 4 fully saturated rings. The Morgan fingerprint density at radius 1 is 1.04 bits per heavy atom. The number of halogens is 5. The number of carbonyl (C=O) groups excluding carboxylic acids is 1. The van der Waals surface area contributed by atoms with Crippen molar-refractivity contribution in [3.05, 3.63) is 23.3 Å². The van der Waals surface area contributed by atoms with Crippen LogP contribution in [0.25, 0.3) is 0 Å². The Labute approximate surface area is 296 Å². The van der Waals surface area contributed by atoms with E-state index >= 15 is 0 Å². The lowest BCUT2D eigenvalue weighted by atomic mass is 9.67. The summed E-state index contributed by atoms with van der Waals surface area (Å²) in [6.45, 7) is 11.9. The molecule has 0 radical (unpaired) electrons. The van der Waals surface area contributed by atoms with Gasteiger partial charge in [0.25, 0.3) is 15.0 Å². The van der Waals surface area contributed by atoms with Gasteiger partial charge in [0.15, 0.2) is 0 Å². The van der Waals surface area contributed by atoms with Crippen molar-refractivity contribution in [2.75, 3.05) is 46.4 Å². The lowest BCUT2D eigenvalue weighted by Crippen LogP contribution is -2.60. The second-order valence-corrected chi connectivity index (χ2v) is 16.4. The third kappa shape index (κ3) is 12.9. The highest BCUT2D eigenvalue weighted by Gasteiger charge is 2.48. The van der Waals surface area contributed by atoms with E-state index in [1.165, 1.54) is 32.8 Å². The van der Waals surface area contributed by atoms with Crippen LogP contribution >= 0.6 is 35.5 Å². The van der Waals surface area contributed by atoms with E-state index in [2.05, 4.69) is 5.32 Å². The van der Waals surface area contributed by atoms with E-state index in [0.29, 0.717) is 34.9 Å². The summed E-state index contributed by atoms with van der Waals surface area (Å²) in [5.41, 5.74) is 1.28. The van der Waals surface area contributed by atoms with Crippen LogP contribution < -0.4 is 10.1 Å². The number of aliphatic hydroxyl groups is 1. The minimum absolute atomic E-state index is 0. The standard InChI is InChI=1S/C13H22F2N2.C10H19NO3.C9H11ClO3S.2ClH/c14-13(15)9-17(10-13)11-1-3-12(4-2-11)5-7-16-8-6-12;1-10(2,3)14-9(13)11-6-4-5-8(11)7-12;1-6-4-8(13-3)5-7(2)9(6)14(10,11)12;;/h11,16H,1-10H2;8,12H,4-7H2,1-3H3;4-5H,1-3H3;2*1H/t;8-;;;/m.0.../s1. The van der Waals surface area contributed by atoms with Crippen molar-refractivity contribution >= 4 is 50.6 Å². The Bertz CT molecular complexity index is 1220. The van der Waals surface area contributed by atoms with Crippen molar-refractivity contribution < 1.29 is 36.6 Å². The summed E-state index contributed by atoms with van der Waals surface area (Å²) >= 11 is 0. The number of nitrogens with zero attached hydrogens (tertiary/aromatic N) is 2. The number of hydrogen-bond donors (Lipinski definition) is 2. The van der Waals surface area contributed by atoms with Crippen molar-refractivity contribution in [2.24, 2.45) is 5.41 Å². The fourth-order valence-corrected chi connectivity index (χ4v) is 8.46. The topological polar surface area (TPSA) is 108 Å². The number of carbonyl (C=O) groups is 1. The van der Waals surface area contributed by atoms with Crippen LogP contribution in [0.4, 0.5) is 13.6 Å². The zero-order chi connectivity index (χ0) is 33.6.